The summed E-state index contributed by atoms with van der Waals surface area (Å²) in [7, 11) is -2.18. The van der Waals surface area contributed by atoms with Crippen molar-refractivity contribution in [2.75, 3.05) is 20.0 Å². The van der Waals surface area contributed by atoms with E-state index in [0.29, 0.717) is 18.8 Å². The molecule has 182 valence electrons. The van der Waals surface area contributed by atoms with E-state index in [1.807, 2.05) is 25.1 Å². The maximum Gasteiger partial charge on any atom is 0.306 e. The van der Waals surface area contributed by atoms with Crippen molar-refractivity contribution in [1.82, 2.24) is 0 Å². The normalized spacial score (nSPS) is 11.3. The van der Waals surface area contributed by atoms with Gasteiger partial charge in [-0.25, -0.2) is 0 Å². The molecule has 0 bridgehead atoms. The van der Waals surface area contributed by atoms with Gasteiger partial charge < -0.3 is 18.8 Å². The number of rotatable bonds is 14. The number of carboxylic acids is 1. The molecule has 1 N–H and O–H groups in total. The summed E-state index contributed by atoms with van der Waals surface area (Å²) in [5.41, 5.74) is 4.10. The summed E-state index contributed by atoms with van der Waals surface area (Å²) in [6.07, 6.45) is 5.80. The lowest BCUT2D eigenvalue weighted by Gasteiger charge is -2.18. The first kappa shape index (κ1) is 26.5. The lowest BCUT2D eigenvalue weighted by Crippen LogP contribution is -2.08. The first-order chi connectivity index (χ1) is 15.6. The summed E-state index contributed by atoms with van der Waals surface area (Å²) in [6, 6.07) is 9.19. The third kappa shape index (κ3) is 8.61. The summed E-state index contributed by atoms with van der Waals surface area (Å²) in [4.78, 5) is 11.1. The number of methoxy groups -OCH3 is 1. The van der Waals surface area contributed by atoms with Crippen LogP contribution in [0.4, 0.5) is 0 Å². The Morgan fingerprint density at radius 3 is 2.42 bits per heavy atom. The van der Waals surface area contributed by atoms with Gasteiger partial charge in [-0.3, -0.25) is 4.79 Å². The molecule has 2 aromatic carbocycles. The van der Waals surface area contributed by atoms with E-state index < -0.39 is 16.1 Å². The predicted octanol–water partition coefficient (Wildman–Crippen LogP) is 4.71. The van der Waals surface area contributed by atoms with E-state index in [1.54, 1.807) is 12.1 Å². The fourth-order valence-electron chi connectivity index (χ4n) is 3.62. The van der Waals surface area contributed by atoms with Crippen molar-refractivity contribution in [3.05, 3.63) is 52.6 Å². The maximum absolute atomic E-state index is 11.4. The number of unbranched alkanes of at least 4 members (excludes halogenated alkanes) is 1. The Balaban J connectivity index is 2.19. The van der Waals surface area contributed by atoms with Crippen LogP contribution in [-0.2, 0) is 34.2 Å². The average molecular weight is 479 g/mol. The van der Waals surface area contributed by atoms with Crippen molar-refractivity contribution >= 4 is 16.1 Å². The Labute approximate surface area is 196 Å². The van der Waals surface area contributed by atoms with Crippen LogP contribution in [0.2, 0.25) is 0 Å². The van der Waals surface area contributed by atoms with Crippen LogP contribution in [0.3, 0.4) is 0 Å². The molecule has 0 atom stereocenters. The van der Waals surface area contributed by atoms with Gasteiger partial charge in [0.2, 0.25) is 0 Å². The van der Waals surface area contributed by atoms with E-state index in [2.05, 4.69) is 6.92 Å². The number of aliphatic carboxylic acids is 1. The Bertz CT molecular complexity index is 1040. The molecule has 8 heteroatoms. The lowest BCUT2D eigenvalue weighted by atomic mass is 9.94. The monoisotopic (exact) mass is 478 g/mol. The lowest BCUT2D eigenvalue weighted by molar-refractivity contribution is -0.136. The van der Waals surface area contributed by atoms with Gasteiger partial charge >= 0.3 is 16.1 Å². The molecule has 0 radical (unpaired) electrons. The van der Waals surface area contributed by atoms with Gasteiger partial charge in [-0.05, 0) is 73.4 Å². The number of carbonyl (C=O) groups is 1. The van der Waals surface area contributed by atoms with Crippen molar-refractivity contribution in [2.45, 2.75) is 58.8 Å². The molecular weight excluding hydrogens is 444 g/mol. The minimum absolute atomic E-state index is 0.0729. The van der Waals surface area contributed by atoms with E-state index in [-0.39, 0.29) is 12.2 Å². The minimum atomic E-state index is -3.65. The van der Waals surface area contributed by atoms with E-state index in [1.165, 1.54) is 7.11 Å². The summed E-state index contributed by atoms with van der Waals surface area (Å²) < 4.78 is 39.3. The third-order valence-electron chi connectivity index (χ3n) is 5.27. The molecule has 33 heavy (non-hydrogen) atoms. The Morgan fingerprint density at radius 2 is 1.79 bits per heavy atom. The summed E-state index contributed by atoms with van der Waals surface area (Å²) >= 11 is 0. The highest BCUT2D eigenvalue weighted by Crippen LogP contribution is 2.32. The fraction of sp³-hybridized carbons (Fsp3) is 0.480. The van der Waals surface area contributed by atoms with E-state index >= 15 is 0 Å². The van der Waals surface area contributed by atoms with Crippen LogP contribution in [0, 0.1) is 6.92 Å². The summed E-state index contributed by atoms with van der Waals surface area (Å²) in [5, 5.41) is 9.14. The van der Waals surface area contributed by atoms with Crippen molar-refractivity contribution in [3.63, 3.8) is 0 Å². The molecule has 0 amide bonds. The first-order valence-corrected chi connectivity index (χ1v) is 13.0. The van der Waals surface area contributed by atoms with Gasteiger partial charge in [0.25, 0.3) is 0 Å². The number of aryl methyl sites for hydroxylation is 3. The van der Waals surface area contributed by atoms with Crippen LogP contribution in [0.1, 0.15) is 54.9 Å². The molecule has 2 aromatic rings. The highest BCUT2D eigenvalue weighted by atomic mass is 32.2. The number of carboxylic acid groups (broad SMARTS) is 1. The second-order valence-electron chi connectivity index (χ2n) is 8.07. The smallest absolute Gasteiger partial charge is 0.306 e. The van der Waals surface area contributed by atoms with Crippen LogP contribution in [0.5, 0.6) is 17.2 Å². The number of ether oxygens (including phenoxy) is 2. The molecule has 0 aromatic heterocycles. The molecule has 0 heterocycles. The largest absolute Gasteiger partial charge is 0.493 e. The Morgan fingerprint density at radius 1 is 1.03 bits per heavy atom. The van der Waals surface area contributed by atoms with Gasteiger partial charge in [0.05, 0.1) is 20.0 Å². The molecular formula is C25H34O7S. The zero-order valence-electron chi connectivity index (χ0n) is 19.8. The maximum atomic E-state index is 11.4. The molecule has 0 aliphatic carbocycles. The van der Waals surface area contributed by atoms with Gasteiger partial charge in [-0.2, -0.15) is 8.42 Å². The van der Waals surface area contributed by atoms with Crippen LogP contribution in [-0.4, -0.2) is 39.5 Å². The van der Waals surface area contributed by atoms with Gasteiger partial charge in [0, 0.05) is 6.42 Å². The van der Waals surface area contributed by atoms with Crippen molar-refractivity contribution in [1.29, 1.82) is 0 Å². The predicted molar refractivity (Wildman–Crippen MR) is 128 cm³/mol. The second-order valence-corrected chi connectivity index (χ2v) is 9.65. The summed E-state index contributed by atoms with van der Waals surface area (Å²) in [5.74, 6) is 0.559. The van der Waals surface area contributed by atoms with Crippen LogP contribution in [0.15, 0.2) is 30.3 Å². The van der Waals surface area contributed by atoms with Crippen molar-refractivity contribution in [2.24, 2.45) is 0 Å². The highest BCUT2D eigenvalue weighted by Gasteiger charge is 2.15. The number of hydrogen-bond donors (Lipinski definition) is 1. The van der Waals surface area contributed by atoms with Crippen LogP contribution in [0.25, 0.3) is 0 Å². The van der Waals surface area contributed by atoms with E-state index in [9.17, 15) is 13.2 Å². The average Bonchev–Trinajstić information content (AvgIpc) is 2.74. The molecule has 0 spiro atoms. The molecule has 0 aliphatic rings. The minimum Gasteiger partial charge on any atom is -0.493 e. The van der Waals surface area contributed by atoms with Gasteiger partial charge in [0.15, 0.2) is 11.5 Å². The molecule has 0 fully saturated rings. The fourth-order valence-corrected chi connectivity index (χ4v) is 4.09. The molecule has 0 unspecified atom stereocenters. The first-order valence-electron chi connectivity index (χ1n) is 11.2. The van der Waals surface area contributed by atoms with E-state index in [0.717, 1.165) is 66.4 Å². The zero-order valence-corrected chi connectivity index (χ0v) is 20.7. The van der Waals surface area contributed by atoms with Crippen molar-refractivity contribution < 1.29 is 32.0 Å². The third-order valence-corrected chi connectivity index (χ3v) is 5.75. The van der Waals surface area contributed by atoms with Gasteiger partial charge in [-0.15, -0.1) is 0 Å². The molecule has 0 saturated carbocycles. The molecule has 2 rings (SSSR count). The van der Waals surface area contributed by atoms with Gasteiger partial charge in [0.1, 0.15) is 5.75 Å². The summed E-state index contributed by atoms with van der Waals surface area (Å²) in [6.45, 7) is 4.75. The standard InChI is InChI=1S/C25H34O7S/c1-5-6-16-31-25-18(2)10-12-20(13-15-24(26)27)21(25)9-7-8-19-11-14-22(23(17-19)30-3)32-33(4,28)29/h10-12,14,17H,5-9,13,15-16H2,1-4H3,(H,26,27). The highest BCUT2D eigenvalue weighted by molar-refractivity contribution is 7.86. The van der Waals surface area contributed by atoms with E-state index in [4.69, 9.17) is 18.8 Å². The van der Waals surface area contributed by atoms with Crippen LogP contribution < -0.4 is 13.7 Å². The second kappa shape index (κ2) is 12.5. The number of benzene rings is 2. The quantitative estimate of drug-likeness (QED) is 0.310. The topological polar surface area (TPSA) is 99.1 Å². The number of hydrogen-bond acceptors (Lipinski definition) is 6. The Kier molecular flexibility index (Phi) is 10.0. The molecule has 0 aliphatic heterocycles. The SMILES string of the molecule is CCCCOc1c(C)ccc(CCC(=O)O)c1CCCc1ccc(OS(C)(=O)=O)c(OC)c1. The zero-order chi connectivity index (χ0) is 24.4. The Hall–Kier alpha value is -2.74. The van der Waals surface area contributed by atoms with Crippen molar-refractivity contribution in [3.8, 4) is 17.2 Å². The van der Waals surface area contributed by atoms with Gasteiger partial charge in [-0.1, -0.05) is 31.5 Å². The molecule has 0 saturated heterocycles. The van der Waals surface area contributed by atoms with Crippen LogP contribution >= 0.6 is 0 Å². The molecule has 7 nitrogen and oxygen atoms in total.